The Hall–Kier alpha value is 0.150. The third kappa shape index (κ3) is 2.88. The molecule has 0 fully saturated rings. The van der Waals surface area contributed by atoms with E-state index in [9.17, 15) is 4.57 Å². The van der Waals surface area contributed by atoms with Gasteiger partial charge in [-0.05, 0) is 0 Å². The maximum atomic E-state index is 13.0. The normalized spacial score (nSPS) is 34.6. The maximum absolute atomic E-state index is 13.0. The molecule has 0 aliphatic carbocycles. The molecule has 0 aromatic heterocycles. The standard InChI is InChI=1S/C12H13Br2OP/c13-10-6-7-11(14)9-16(15,8-10)12-4-2-1-3-5-12/h1-7,10-11H,8-9H2. The Kier molecular flexibility index (Phi) is 4.10. The molecule has 1 nitrogen and oxygen atoms in total. The van der Waals surface area contributed by atoms with Crippen LogP contribution in [-0.2, 0) is 4.57 Å². The first-order valence-corrected chi connectivity index (χ1v) is 9.11. The van der Waals surface area contributed by atoms with E-state index in [2.05, 4.69) is 44.0 Å². The topological polar surface area (TPSA) is 17.1 Å². The zero-order valence-corrected chi connectivity index (χ0v) is 12.8. The highest BCUT2D eigenvalue weighted by Crippen LogP contribution is 2.49. The van der Waals surface area contributed by atoms with Gasteiger partial charge in [-0.3, -0.25) is 0 Å². The predicted octanol–water partition coefficient (Wildman–Crippen LogP) is 3.77. The molecular formula is C12H13Br2OP. The first-order valence-electron chi connectivity index (χ1n) is 5.20. The Morgan fingerprint density at radius 2 is 1.50 bits per heavy atom. The van der Waals surface area contributed by atoms with Gasteiger partial charge < -0.3 is 4.57 Å². The van der Waals surface area contributed by atoms with Crippen molar-refractivity contribution in [2.75, 3.05) is 12.3 Å². The van der Waals surface area contributed by atoms with Crippen LogP contribution in [0.2, 0.25) is 0 Å². The van der Waals surface area contributed by atoms with Gasteiger partial charge in [0, 0.05) is 27.3 Å². The van der Waals surface area contributed by atoms with E-state index < -0.39 is 7.14 Å². The highest BCUT2D eigenvalue weighted by atomic mass is 79.9. The molecule has 0 amide bonds. The van der Waals surface area contributed by atoms with Crippen LogP contribution in [-0.4, -0.2) is 22.0 Å². The van der Waals surface area contributed by atoms with Crippen LogP contribution in [0.4, 0.5) is 0 Å². The second-order valence-corrected chi connectivity index (χ2v) is 9.38. The lowest BCUT2D eigenvalue weighted by atomic mass is 10.3. The third-order valence-corrected chi connectivity index (χ3v) is 8.16. The molecule has 0 saturated heterocycles. The average molecular weight is 364 g/mol. The van der Waals surface area contributed by atoms with E-state index in [1.54, 1.807) is 0 Å². The fourth-order valence-corrected chi connectivity index (χ4v) is 7.73. The van der Waals surface area contributed by atoms with E-state index in [4.69, 9.17) is 0 Å². The van der Waals surface area contributed by atoms with Crippen LogP contribution >= 0.6 is 39.0 Å². The van der Waals surface area contributed by atoms with Crippen LogP contribution in [0.3, 0.4) is 0 Å². The molecule has 2 unspecified atom stereocenters. The second kappa shape index (κ2) is 5.20. The number of alkyl halides is 2. The lowest BCUT2D eigenvalue weighted by Gasteiger charge is -2.19. The number of rotatable bonds is 1. The summed E-state index contributed by atoms with van der Waals surface area (Å²) in [5.74, 6) is 0. The minimum Gasteiger partial charge on any atom is -0.319 e. The van der Waals surface area contributed by atoms with Gasteiger partial charge in [-0.25, -0.2) is 0 Å². The van der Waals surface area contributed by atoms with Gasteiger partial charge in [0.05, 0.1) is 0 Å². The highest BCUT2D eigenvalue weighted by Gasteiger charge is 2.30. The molecule has 1 aromatic rings. The summed E-state index contributed by atoms with van der Waals surface area (Å²) in [6.45, 7) is 0. The quantitative estimate of drug-likeness (QED) is 0.421. The summed E-state index contributed by atoms with van der Waals surface area (Å²) >= 11 is 7.12. The molecule has 1 aliphatic rings. The van der Waals surface area contributed by atoms with Gasteiger partial charge >= 0.3 is 0 Å². The van der Waals surface area contributed by atoms with Crippen molar-refractivity contribution in [1.29, 1.82) is 0 Å². The fraction of sp³-hybridized carbons (Fsp3) is 0.333. The molecule has 4 heteroatoms. The first kappa shape index (κ1) is 12.6. The first-order chi connectivity index (χ1) is 7.60. The summed E-state index contributed by atoms with van der Waals surface area (Å²) in [6.07, 6.45) is 5.58. The summed E-state index contributed by atoms with van der Waals surface area (Å²) in [7, 11) is -2.28. The van der Waals surface area contributed by atoms with Crippen LogP contribution in [0.5, 0.6) is 0 Å². The van der Waals surface area contributed by atoms with E-state index in [1.165, 1.54) is 0 Å². The molecule has 0 radical (unpaired) electrons. The number of benzene rings is 1. The molecule has 1 aromatic carbocycles. The summed E-state index contributed by atoms with van der Waals surface area (Å²) in [6, 6.07) is 9.83. The molecular weight excluding hydrogens is 351 g/mol. The van der Waals surface area contributed by atoms with Gasteiger partial charge in [-0.2, -0.15) is 0 Å². The monoisotopic (exact) mass is 362 g/mol. The third-order valence-electron chi connectivity index (χ3n) is 2.69. The minimum atomic E-state index is -2.28. The van der Waals surface area contributed by atoms with E-state index in [-0.39, 0.29) is 9.65 Å². The van der Waals surface area contributed by atoms with Gasteiger partial charge in [-0.15, -0.1) is 0 Å². The van der Waals surface area contributed by atoms with Gasteiger partial charge in [0.25, 0.3) is 0 Å². The van der Waals surface area contributed by atoms with Crippen LogP contribution in [0.15, 0.2) is 42.5 Å². The van der Waals surface area contributed by atoms with E-state index in [0.29, 0.717) is 12.3 Å². The smallest absolute Gasteiger partial charge is 0.118 e. The van der Waals surface area contributed by atoms with Crippen molar-refractivity contribution >= 4 is 44.3 Å². The summed E-state index contributed by atoms with van der Waals surface area (Å²) in [5, 5.41) is 0.993. The lowest BCUT2D eigenvalue weighted by Crippen LogP contribution is -2.16. The van der Waals surface area contributed by atoms with Crippen molar-refractivity contribution in [3.05, 3.63) is 42.5 Å². The molecule has 2 rings (SSSR count). The van der Waals surface area contributed by atoms with Gasteiger partial charge in [-0.1, -0.05) is 74.3 Å². The van der Waals surface area contributed by atoms with Gasteiger partial charge in [0.15, 0.2) is 0 Å². The Labute approximate surface area is 113 Å². The minimum absolute atomic E-state index is 0.209. The molecule has 0 saturated carbocycles. The lowest BCUT2D eigenvalue weighted by molar-refractivity contribution is 0.582. The molecule has 86 valence electrons. The molecule has 1 aliphatic heterocycles. The van der Waals surface area contributed by atoms with Crippen LogP contribution < -0.4 is 5.30 Å². The fourth-order valence-electron chi connectivity index (χ4n) is 1.91. The van der Waals surface area contributed by atoms with Crippen LogP contribution in [0.25, 0.3) is 0 Å². The molecule has 0 spiro atoms. The Balaban J connectivity index is 2.35. The molecule has 16 heavy (non-hydrogen) atoms. The van der Waals surface area contributed by atoms with Crippen molar-refractivity contribution in [2.45, 2.75) is 9.65 Å². The van der Waals surface area contributed by atoms with Crippen molar-refractivity contribution in [1.82, 2.24) is 0 Å². The largest absolute Gasteiger partial charge is 0.319 e. The van der Waals surface area contributed by atoms with E-state index in [1.807, 2.05) is 30.3 Å². The van der Waals surface area contributed by atoms with Crippen molar-refractivity contribution in [2.24, 2.45) is 0 Å². The van der Waals surface area contributed by atoms with Gasteiger partial charge in [0.2, 0.25) is 0 Å². The van der Waals surface area contributed by atoms with Crippen LogP contribution in [0.1, 0.15) is 0 Å². The molecule has 0 bridgehead atoms. The second-order valence-electron chi connectivity index (χ2n) is 4.01. The maximum Gasteiger partial charge on any atom is 0.118 e. The van der Waals surface area contributed by atoms with Crippen LogP contribution in [0, 0.1) is 0 Å². The number of allylic oxidation sites excluding steroid dienone is 2. The number of hydrogen-bond donors (Lipinski definition) is 0. The van der Waals surface area contributed by atoms with E-state index in [0.717, 1.165) is 5.30 Å². The Morgan fingerprint density at radius 3 is 2.00 bits per heavy atom. The van der Waals surface area contributed by atoms with Crippen molar-refractivity contribution in [3.63, 3.8) is 0 Å². The number of hydrogen-bond acceptors (Lipinski definition) is 1. The summed E-state index contributed by atoms with van der Waals surface area (Å²) < 4.78 is 13.0. The summed E-state index contributed by atoms with van der Waals surface area (Å²) in [5.41, 5.74) is 0. The molecule has 2 atom stereocenters. The summed E-state index contributed by atoms with van der Waals surface area (Å²) in [4.78, 5) is 0.419. The highest BCUT2D eigenvalue weighted by molar-refractivity contribution is 9.10. The Bertz CT molecular complexity index is 412. The molecule has 0 N–H and O–H groups in total. The number of halogens is 2. The molecule has 1 heterocycles. The SMILES string of the molecule is O=P1(c2ccccc2)CC(Br)C=CC(Br)C1. The zero-order valence-electron chi connectivity index (χ0n) is 8.72. The van der Waals surface area contributed by atoms with Crippen molar-refractivity contribution in [3.8, 4) is 0 Å². The van der Waals surface area contributed by atoms with Crippen molar-refractivity contribution < 1.29 is 4.57 Å². The predicted molar refractivity (Wildman–Crippen MR) is 78.0 cm³/mol. The zero-order chi connectivity index (χ0) is 11.6. The average Bonchev–Trinajstić information content (AvgIpc) is 2.40. The van der Waals surface area contributed by atoms with E-state index >= 15 is 0 Å². The Morgan fingerprint density at radius 1 is 1.00 bits per heavy atom. The van der Waals surface area contributed by atoms with Gasteiger partial charge in [0.1, 0.15) is 7.14 Å².